The van der Waals surface area contributed by atoms with E-state index in [1.165, 1.54) is 0 Å². The number of hydrogen-bond donors (Lipinski definition) is 3. The number of carbonyl (C=O) groups excluding carboxylic acids is 2. The first kappa shape index (κ1) is 13.9. The van der Waals surface area contributed by atoms with Gasteiger partial charge in [-0.1, -0.05) is 6.07 Å². The molecule has 0 unspecified atom stereocenters. The Balaban J connectivity index is 1.65. The molecule has 112 valence electrons. The average molecular weight is 288 g/mol. The van der Waals surface area contributed by atoms with Crippen LogP contribution in [0, 0.1) is 0 Å². The van der Waals surface area contributed by atoms with Crippen molar-refractivity contribution in [2.75, 3.05) is 23.3 Å². The van der Waals surface area contributed by atoms with Gasteiger partial charge < -0.3 is 16.4 Å². The molecule has 2 aliphatic rings. The summed E-state index contributed by atoms with van der Waals surface area (Å²) in [5, 5.41) is 5.63. The van der Waals surface area contributed by atoms with E-state index in [-0.39, 0.29) is 17.5 Å². The molecule has 1 saturated carbocycles. The maximum Gasteiger partial charge on any atom is 0.321 e. The highest BCUT2D eigenvalue weighted by molar-refractivity contribution is 5.96. The van der Waals surface area contributed by atoms with E-state index >= 15 is 0 Å². The van der Waals surface area contributed by atoms with Gasteiger partial charge in [0, 0.05) is 36.4 Å². The fourth-order valence-corrected chi connectivity index (χ4v) is 2.80. The van der Waals surface area contributed by atoms with E-state index in [1.807, 2.05) is 24.3 Å². The van der Waals surface area contributed by atoms with Gasteiger partial charge >= 0.3 is 6.03 Å². The lowest BCUT2D eigenvalue weighted by Gasteiger charge is -2.37. The van der Waals surface area contributed by atoms with Crippen LogP contribution >= 0.6 is 0 Å². The molecule has 3 amide bonds. The third-order valence-corrected chi connectivity index (χ3v) is 4.16. The molecule has 1 aliphatic carbocycles. The van der Waals surface area contributed by atoms with Gasteiger partial charge in [0.25, 0.3) is 0 Å². The van der Waals surface area contributed by atoms with E-state index in [0.717, 1.165) is 24.9 Å². The maximum absolute atomic E-state index is 12.0. The lowest BCUT2D eigenvalue weighted by molar-refractivity contribution is -0.118. The summed E-state index contributed by atoms with van der Waals surface area (Å²) in [6, 6.07) is 7.22. The van der Waals surface area contributed by atoms with Crippen LogP contribution in [0.4, 0.5) is 16.2 Å². The molecule has 1 aliphatic heterocycles. The van der Waals surface area contributed by atoms with Gasteiger partial charge in [-0.05, 0) is 37.5 Å². The van der Waals surface area contributed by atoms with Gasteiger partial charge in [-0.25, -0.2) is 4.79 Å². The number of hydrogen-bond acceptors (Lipinski definition) is 3. The van der Waals surface area contributed by atoms with Gasteiger partial charge in [0.2, 0.25) is 5.91 Å². The third kappa shape index (κ3) is 3.00. The standard InChI is InChI=1S/C15H20N4O2/c16-15(5-2-6-15)10-13(20)18-11-3-1-4-12(9-11)19-8-7-17-14(19)21/h1,3-4,9H,2,5-8,10,16H2,(H,17,21)(H,18,20). The first-order valence-corrected chi connectivity index (χ1v) is 7.30. The monoisotopic (exact) mass is 288 g/mol. The number of rotatable bonds is 4. The number of nitrogens with zero attached hydrogens (tertiary/aromatic N) is 1. The van der Waals surface area contributed by atoms with Crippen molar-refractivity contribution in [1.29, 1.82) is 0 Å². The van der Waals surface area contributed by atoms with Gasteiger partial charge in [-0.3, -0.25) is 9.69 Å². The van der Waals surface area contributed by atoms with Crippen LogP contribution in [-0.2, 0) is 4.79 Å². The summed E-state index contributed by atoms with van der Waals surface area (Å²) in [5.74, 6) is -0.0692. The van der Waals surface area contributed by atoms with E-state index in [2.05, 4.69) is 10.6 Å². The number of nitrogens with one attached hydrogen (secondary N) is 2. The molecule has 0 atom stereocenters. The minimum absolute atomic E-state index is 0.0692. The first-order valence-electron chi connectivity index (χ1n) is 7.30. The fraction of sp³-hybridized carbons (Fsp3) is 0.467. The highest BCUT2D eigenvalue weighted by Gasteiger charge is 2.34. The summed E-state index contributed by atoms with van der Waals surface area (Å²) < 4.78 is 0. The SMILES string of the molecule is NC1(CC(=O)Nc2cccc(N3CCNC3=O)c2)CCC1. The van der Waals surface area contributed by atoms with Crippen molar-refractivity contribution in [3.63, 3.8) is 0 Å². The largest absolute Gasteiger partial charge is 0.336 e. The average Bonchev–Trinajstić information content (AvgIpc) is 2.83. The number of urea groups is 1. The highest BCUT2D eigenvalue weighted by atomic mass is 16.2. The molecule has 0 spiro atoms. The Hall–Kier alpha value is -2.08. The third-order valence-electron chi connectivity index (χ3n) is 4.16. The molecule has 1 saturated heterocycles. The minimum atomic E-state index is -0.323. The van der Waals surface area contributed by atoms with E-state index < -0.39 is 0 Å². The number of nitrogens with two attached hydrogens (primary N) is 1. The second-order valence-corrected chi connectivity index (χ2v) is 5.87. The second kappa shape index (κ2) is 5.37. The minimum Gasteiger partial charge on any atom is -0.336 e. The zero-order valence-electron chi connectivity index (χ0n) is 11.9. The molecule has 3 rings (SSSR count). The van der Waals surface area contributed by atoms with Crippen LogP contribution in [0.5, 0.6) is 0 Å². The topological polar surface area (TPSA) is 87.5 Å². The Labute approximate surface area is 123 Å². The molecular formula is C15H20N4O2. The Morgan fingerprint density at radius 1 is 1.43 bits per heavy atom. The molecule has 0 bridgehead atoms. The Kier molecular flexibility index (Phi) is 3.55. The molecule has 0 aromatic heterocycles. The molecule has 1 aromatic rings. The molecule has 21 heavy (non-hydrogen) atoms. The van der Waals surface area contributed by atoms with Crippen LogP contribution < -0.4 is 21.3 Å². The number of anilines is 2. The van der Waals surface area contributed by atoms with Gasteiger partial charge in [0.15, 0.2) is 0 Å². The van der Waals surface area contributed by atoms with Crippen LogP contribution in [-0.4, -0.2) is 30.6 Å². The summed E-state index contributed by atoms with van der Waals surface area (Å²) >= 11 is 0. The quantitative estimate of drug-likeness (QED) is 0.783. The van der Waals surface area contributed by atoms with E-state index in [4.69, 9.17) is 5.73 Å². The van der Waals surface area contributed by atoms with Crippen molar-refractivity contribution in [1.82, 2.24) is 5.32 Å². The Morgan fingerprint density at radius 2 is 2.24 bits per heavy atom. The van der Waals surface area contributed by atoms with Crippen LogP contribution in [0.2, 0.25) is 0 Å². The molecule has 0 radical (unpaired) electrons. The lowest BCUT2D eigenvalue weighted by atomic mass is 9.75. The van der Waals surface area contributed by atoms with Crippen LogP contribution in [0.1, 0.15) is 25.7 Å². The number of carbonyl (C=O) groups is 2. The first-order chi connectivity index (χ1) is 10.1. The van der Waals surface area contributed by atoms with Gasteiger partial charge in [0.05, 0.1) is 0 Å². The molecule has 4 N–H and O–H groups in total. The normalized spacial score (nSPS) is 19.9. The fourth-order valence-electron chi connectivity index (χ4n) is 2.80. The molecule has 1 aromatic carbocycles. The van der Waals surface area contributed by atoms with Crippen LogP contribution in [0.25, 0.3) is 0 Å². The number of amides is 3. The second-order valence-electron chi connectivity index (χ2n) is 5.87. The van der Waals surface area contributed by atoms with Gasteiger partial charge in [-0.15, -0.1) is 0 Å². The van der Waals surface area contributed by atoms with Crippen molar-refractivity contribution in [2.45, 2.75) is 31.2 Å². The zero-order valence-corrected chi connectivity index (χ0v) is 11.9. The predicted molar refractivity (Wildman–Crippen MR) is 81.2 cm³/mol. The summed E-state index contributed by atoms with van der Waals surface area (Å²) in [6.07, 6.45) is 3.27. The van der Waals surface area contributed by atoms with E-state index in [0.29, 0.717) is 25.2 Å². The predicted octanol–water partition coefficient (Wildman–Crippen LogP) is 1.43. The summed E-state index contributed by atoms with van der Waals surface area (Å²) in [4.78, 5) is 25.3. The van der Waals surface area contributed by atoms with Gasteiger partial charge in [-0.2, -0.15) is 0 Å². The molecule has 1 heterocycles. The summed E-state index contributed by atoms with van der Waals surface area (Å²) in [6.45, 7) is 1.28. The van der Waals surface area contributed by atoms with E-state index in [1.54, 1.807) is 4.90 Å². The maximum atomic E-state index is 12.0. The van der Waals surface area contributed by atoms with Crippen molar-refractivity contribution in [2.24, 2.45) is 5.73 Å². The highest BCUT2D eigenvalue weighted by Crippen LogP contribution is 2.32. The van der Waals surface area contributed by atoms with Crippen molar-refractivity contribution >= 4 is 23.3 Å². The van der Waals surface area contributed by atoms with Crippen molar-refractivity contribution < 1.29 is 9.59 Å². The van der Waals surface area contributed by atoms with Crippen LogP contribution in [0.3, 0.4) is 0 Å². The summed E-state index contributed by atoms with van der Waals surface area (Å²) in [5.41, 5.74) is 7.24. The van der Waals surface area contributed by atoms with Crippen molar-refractivity contribution in [3.8, 4) is 0 Å². The Morgan fingerprint density at radius 3 is 2.86 bits per heavy atom. The molecule has 2 fully saturated rings. The van der Waals surface area contributed by atoms with Crippen LogP contribution in [0.15, 0.2) is 24.3 Å². The van der Waals surface area contributed by atoms with Gasteiger partial charge in [0.1, 0.15) is 0 Å². The zero-order chi connectivity index (χ0) is 14.9. The number of benzene rings is 1. The molecule has 6 heteroatoms. The van der Waals surface area contributed by atoms with Crippen molar-refractivity contribution in [3.05, 3.63) is 24.3 Å². The molecular weight excluding hydrogens is 268 g/mol. The summed E-state index contributed by atoms with van der Waals surface area (Å²) in [7, 11) is 0. The lowest BCUT2D eigenvalue weighted by Crippen LogP contribution is -2.48. The smallest absolute Gasteiger partial charge is 0.321 e. The molecule has 6 nitrogen and oxygen atoms in total. The van der Waals surface area contributed by atoms with E-state index in [9.17, 15) is 9.59 Å². The Bertz CT molecular complexity index is 569.